The maximum atomic E-state index is 9.23. The molecule has 1 aromatic carbocycles. The van der Waals surface area contributed by atoms with Crippen molar-refractivity contribution in [3.05, 3.63) is 40.5 Å². The fourth-order valence-corrected chi connectivity index (χ4v) is 4.39. The van der Waals surface area contributed by atoms with Gasteiger partial charge in [-0.05, 0) is 42.7 Å². The van der Waals surface area contributed by atoms with Crippen molar-refractivity contribution >= 4 is 34.9 Å². The lowest BCUT2D eigenvalue weighted by Crippen LogP contribution is -2.01. The summed E-state index contributed by atoms with van der Waals surface area (Å²) in [5.74, 6) is 0.831. The van der Waals surface area contributed by atoms with Crippen LogP contribution in [0.4, 0.5) is 0 Å². The van der Waals surface area contributed by atoms with Gasteiger partial charge in [-0.3, -0.25) is 0 Å². The molecule has 0 saturated carbocycles. The molecular weight excluding hydrogens is 362 g/mol. The van der Waals surface area contributed by atoms with Gasteiger partial charge in [0.2, 0.25) is 0 Å². The predicted molar refractivity (Wildman–Crippen MR) is 96.4 cm³/mol. The molecular formula is C16H14ClN5S2. The quantitative estimate of drug-likeness (QED) is 0.640. The molecule has 2 heterocycles. The number of aromatic nitrogens is 4. The molecule has 0 N–H and O–H groups in total. The van der Waals surface area contributed by atoms with E-state index in [1.165, 1.54) is 28.9 Å². The topological polar surface area (TPSA) is 67.4 Å². The lowest BCUT2D eigenvalue weighted by atomic mass is 10.1. The molecule has 0 saturated heterocycles. The summed E-state index contributed by atoms with van der Waals surface area (Å²) in [6, 6.07) is 10.3. The maximum Gasteiger partial charge on any atom is 0.197 e. The Labute approximate surface area is 153 Å². The summed E-state index contributed by atoms with van der Waals surface area (Å²) < 4.78 is 6.86. The summed E-state index contributed by atoms with van der Waals surface area (Å²) in [4.78, 5) is 0. The molecule has 122 valence electrons. The molecule has 0 atom stereocenters. The molecule has 2 aromatic heterocycles. The van der Waals surface area contributed by atoms with Gasteiger partial charge in [0.05, 0.1) is 0 Å². The minimum Gasteiger partial charge on any atom is -0.302 e. The van der Waals surface area contributed by atoms with Gasteiger partial charge in [-0.1, -0.05) is 42.3 Å². The number of halogens is 1. The third kappa shape index (κ3) is 3.31. The fraction of sp³-hybridized carbons (Fsp3) is 0.250. The van der Waals surface area contributed by atoms with E-state index in [0.717, 1.165) is 33.7 Å². The Morgan fingerprint density at radius 1 is 1.38 bits per heavy atom. The summed E-state index contributed by atoms with van der Waals surface area (Å²) in [5, 5.41) is 18.9. The van der Waals surface area contributed by atoms with E-state index < -0.39 is 0 Å². The van der Waals surface area contributed by atoms with Crippen molar-refractivity contribution in [2.45, 2.75) is 36.2 Å². The molecule has 3 aromatic rings. The molecule has 3 rings (SSSR count). The first-order valence-corrected chi connectivity index (χ1v) is 9.34. The smallest absolute Gasteiger partial charge is 0.197 e. The molecule has 0 spiro atoms. The van der Waals surface area contributed by atoms with Crippen molar-refractivity contribution in [3.8, 4) is 17.5 Å². The average molecular weight is 376 g/mol. The fourth-order valence-electron chi connectivity index (χ4n) is 2.29. The number of nitrogens with zero attached hydrogens (tertiary/aromatic N) is 5. The Morgan fingerprint density at radius 2 is 2.21 bits per heavy atom. The van der Waals surface area contributed by atoms with Crippen LogP contribution < -0.4 is 0 Å². The molecule has 0 fully saturated rings. The van der Waals surface area contributed by atoms with E-state index in [0.29, 0.717) is 5.56 Å². The summed E-state index contributed by atoms with van der Waals surface area (Å²) in [6.45, 7) is 4.96. The first kappa shape index (κ1) is 17.0. The van der Waals surface area contributed by atoms with Crippen LogP contribution >= 0.6 is 34.9 Å². The van der Waals surface area contributed by atoms with Gasteiger partial charge >= 0.3 is 0 Å². The van der Waals surface area contributed by atoms with Gasteiger partial charge in [-0.15, -0.1) is 10.2 Å². The normalized spacial score (nSPS) is 10.8. The average Bonchev–Trinajstić information content (AvgIpc) is 3.12. The van der Waals surface area contributed by atoms with Crippen LogP contribution in [0.15, 0.2) is 33.6 Å². The molecule has 0 bridgehead atoms. The molecule has 0 radical (unpaired) electrons. The third-order valence-electron chi connectivity index (χ3n) is 3.36. The zero-order valence-electron chi connectivity index (χ0n) is 13.2. The van der Waals surface area contributed by atoms with Crippen LogP contribution in [-0.4, -0.2) is 19.1 Å². The van der Waals surface area contributed by atoms with E-state index in [9.17, 15) is 5.26 Å². The van der Waals surface area contributed by atoms with E-state index in [1.54, 1.807) is 0 Å². The zero-order valence-corrected chi connectivity index (χ0v) is 15.5. The van der Waals surface area contributed by atoms with Crippen LogP contribution in [0.3, 0.4) is 0 Å². The highest BCUT2D eigenvalue weighted by Gasteiger charge is 2.19. The highest BCUT2D eigenvalue weighted by atomic mass is 35.5. The third-order valence-corrected chi connectivity index (χ3v) is 5.72. The highest BCUT2D eigenvalue weighted by Crippen LogP contribution is 2.37. The standard InChI is InChI=1S/C16H14ClN5S2/c1-3-7-22-14(11-6-4-5-10(2)8-11)19-20-16(22)23-15-12(9-18)13(17)21-24-15/h4-6,8H,3,7H2,1-2H3. The van der Waals surface area contributed by atoms with Gasteiger partial charge in [0.25, 0.3) is 0 Å². The summed E-state index contributed by atoms with van der Waals surface area (Å²) in [6.07, 6.45) is 0.957. The Morgan fingerprint density at radius 3 is 2.92 bits per heavy atom. The second-order valence-corrected chi connectivity index (χ2v) is 7.54. The monoisotopic (exact) mass is 375 g/mol. The van der Waals surface area contributed by atoms with Crippen molar-refractivity contribution in [3.63, 3.8) is 0 Å². The predicted octanol–water partition coefficient (Wildman–Crippen LogP) is 4.80. The van der Waals surface area contributed by atoms with Crippen molar-refractivity contribution < 1.29 is 0 Å². The van der Waals surface area contributed by atoms with Gasteiger partial charge in [0, 0.05) is 12.1 Å². The molecule has 0 aliphatic carbocycles. The molecule has 24 heavy (non-hydrogen) atoms. The molecule has 0 unspecified atom stereocenters. The largest absolute Gasteiger partial charge is 0.302 e. The van der Waals surface area contributed by atoms with Crippen molar-refractivity contribution in [1.29, 1.82) is 5.26 Å². The lowest BCUT2D eigenvalue weighted by molar-refractivity contribution is 0.626. The van der Waals surface area contributed by atoms with Crippen LogP contribution in [0.2, 0.25) is 5.15 Å². The molecule has 0 aliphatic heterocycles. The van der Waals surface area contributed by atoms with Crippen molar-refractivity contribution in [1.82, 2.24) is 19.1 Å². The first-order valence-electron chi connectivity index (χ1n) is 7.37. The minimum atomic E-state index is 0.241. The second-order valence-electron chi connectivity index (χ2n) is 5.18. The molecule has 0 amide bonds. The first-order chi connectivity index (χ1) is 11.6. The number of aryl methyl sites for hydroxylation is 1. The van der Waals surface area contributed by atoms with Crippen LogP contribution in [0.25, 0.3) is 11.4 Å². The maximum absolute atomic E-state index is 9.23. The summed E-state index contributed by atoms with van der Waals surface area (Å²) >= 11 is 8.54. The number of benzene rings is 1. The van der Waals surface area contributed by atoms with Gasteiger partial charge in [0.1, 0.15) is 15.8 Å². The SMILES string of the molecule is CCCn1c(Sc2snc(Cl)c2C#N)nnc1-c1cccc(C)c1. The zero-order chi connectivity index (χ0) is 17.1. The Balaban J connectivity index is 2.02. The molecule has 8 heteroatoms. The molecule has 0 aliphatic rings. The van der Waals surface area contributed by atoms with Crippen LogP contribution in [-0.2, 0) is 6.54 Å². The van der Waals surface area contributed by atoms with E-state index in [2.05, 4.69) is 51.2 Å². The van der Waals surface area contributed by atoms with E-state index in [4.69, 9.17) is 11.6 Å². The Kier molecular flexibility index (Phi) is 5.19. The van der Waals surface area contributed by atoms with Crippen molar-refractivity contribution in [2.24, 2.45) is 0 Å². The Bertz CT molecular complexity index is 910. The summed E-state index contributed by atoms with van der Waals surface area (Å²) in [5.41, 5.74) is 2.61. The van der Waals surface area contributed by atoms with E-state index in [1.807, 2.05) is 12.1 Å². The highest BCUT2D eigenvalue weighted by molar-refractivity contribution is 8.01. The Hall–Kier alpha value is -1.88. The van der Waals surface area contributed by atoms with Gasteiger partial charge in [-0.25, -0.2) is 0 Å². The van der Waals surface area contributed by atoms with Gasteiger partial charge in [0.15, 0.2) is 16.1 Å². The minimum absolute atomic E-state index is 0.241. The lowest BCUT2D eigenvalue weighted by Gasteiger charge is -2.08. The van der Waals surface area contributed by atoms with Crippen LogP contribution in [0.1, 0.15) is 24.5 Å². The number of hydrogen-bond acceptors (Lipinski definition) is 6. The summed E-state index contributed by atoms with van der Waals surface area (Å²) in [7, 11) is 0. The van der Waals surface area contributed by atoms with Crippen molar-refractivity contribution in [2.75, 3.05) is 0 Å². The van der Waals surface area contributed by atoms with E-state index >= 15 is 0 Å². The van der Waals surface area contributed by atoms with Crippen LogP contribution in [0, 0.1) is 18.3 Å². The number of hydrogen-bond donors (Lipinski definition) is 0. The molecule has 5 nitrogen and oxygen atoms in total. The number of rotatable bonds is 5. The van der Waals surface area contributed by atoms with Gasteiger partial charge < -0.3 is 4.57 Å². The number of nitriles is 1. The second kappa shape index (κ2) is 7.34. The van der Waals surface area contributed by atoms with E-state index in [-0.39, 0.29) is 5.15 Å². The van der Waals surface area contributed by atoms with Crippen LogP contribution in [0.5, 0.6) is 0 Å². The van der Waals surface area contributed by atoms with Gasteiger partial charge in [-0.2, -0.15) is 9.64 Å².